The van der Waals surface area contributed by atoms with Gasteiger partial charge in [0.05, 0.1) is 29.0 Å². The van der Waals surface area contributed by atoms with Gasteiger partial charge in [0, 0.05) is 18.5 Å². The van der Waals surface area contributed by atoms with Crippen LogP contribution in [0.4, 0.5) is 5.69 Å². The summed E-state index contributed by atoms with van der Waals surface area (Å²) in [4.78, 5) is 19.6. The van der Waals surface area contributed by atoms with Crippen molar-refractivity contribution >= 4 is 34.8 Å². The molecule has 0 aliphatic carbocycles. The van der Waals surface area contributed by atoms with Crippen LogP contribution in [-0.2, 0) is 0 Å². The van der Waals surface area contributed by atoms with Crippen molar-refractivity contribution in [2.45, 2.75) is 0 Å². The molecule has 0 aliphatic heterocycles. The van der Waals surface area contributed by atoms with Crippen molar-refractivity contribution in [2.75, 3.05) is 12.4 Å². The number of benzene rings is 1. The van der Waals surface area contributed by atoms with E-state index in [1.165, 1.54) is 37.8 Å². The number of nitrogens with one attached hydrogen (secondary N) is 1. The van der Waals surface area contributed by atoms with E-state index in [0.717, 1.165) is 0 Å². The van der Waals surface area contributed by atoms with Gasteiger partial charge in [0.15, 0.2) is 0 Å². The summed E-state index contributed by atoms with van der Waals surface area (Å²) in [5, 5.41) is 3.30. The van der Waals surface area contributed by atoms with Crippen LogP contribution in [-0.4, -0.2) is 23.0 Å². The lowest BCUT2D eigenvalue weighted by Crippen LogP contribution is -2.14. The number of nitrogens with zero attached hydrogens (tertiary/aromatic N) is 2. The second-order valence-electron chi connectivity index (χ2n) is 3.51. The molecule has 2 aromatic rings. The standard InChI is InChI=1S/C12H9Cl2N3O2/c1-19-11-5-8(14)7(13)4-9(11)17-12(18)10-6-15-2-3-16-10/h2-6H,1H3,(H,17,18). The molecule has 7 heteroatoms. The molecule has 0 bridgehead atoms. The van der Waals surface area contributed by atoms with E-state index in [9.17, 15) is 4.79 Å². The number of anilines is 1. The van der Waals surface area contributed by atoms with Crippen LogP contribution in [0.25, 0.3) is 0 Å². The third kappa shape index (κ3) is 3.13. The number of hydrogen-bond acceptors (Lipinski definition) is 4. The summed E-state index contributed by atoms with van der Waals surface area (Å²) in [6.45, 7) is 0. The van der Waals surface area contributed by atoms with Gasteiger partial charge in [-0.1, -0.05) is 23.2 Å². The van der Waals surface area contributed by atoms with Crippen LogP contribution < -0.4 is 10.1 Å². The first-order chi connectivity index (χ1) is 9.11. The zero-order valence-electron chi connectivity index (χ0n) is 9.85. The lowest BCUT2D eigenvalue weighted by atomic mass is 10.2. The van der Waals surface area contributed by atoms with E-state index in [1.807, 2.05) is 0 Å². The summed E-state index contributed by atoms with van der Waals surface area (Å²) >= 11 is 11.8. The molecule has 1 amide bonds. The van der Waals surface area contributed by atoms with Crippen LogP contribution in [0.3, 0.4) is 0 Å². The Balaban J connectivity index is 2.28. The van der Waals surface area contributed by atoms with Gasteiger partial charge >= 0.3 is 0 Å². The zero-order chi connectivity index (χ0) is 13.8. The maximum Gasteiger partial charge on any atom is 0.275 e. The van der Waals surface area contributed by atoms with Crippen LogP contribution in [0.2, 0.25) is 10.0 Å². The number of aromatic nitrogens is 2. The van der Waals surface area contributed by atoms with Gasteiger partial charge in [-0.05, 0) is 6.07 Å². The van der Waals surface area contributed by atoms with E-state index in [2.05, 4.69) is 15.3 Å². The second kappa shape index (κ2) is 5.86. The average Bonchev–Trinajstić information content (AvgIpc) is 2.43. The van der Waals surface area contributed by atoms with Gasteiger partial charge in [-0.2, -0.15) is 0 Å². The molecule has 19 heavy (non-hydrogen) atoms. The Kier molecular flexibility index (Phi) is 4.19. The van der Waals surface area contributed by atoms with Crippen LogP contribution >= 0.6 is 23.2 Å². The number of halogens is 2. The van der Waals surface area contributed by atoms with Gasteiger partial charge in [-0.3, -0.25) is 9.78 Å². The van der Waals surface area contributed by atoms with Gasteiger partial charge in [0.25, 0.3) is 5.91 Å². The lowest BCUT2D eigenvalue weighted by molar-refractivity contribution is 0.102. The fourth-order valence-electron chi connectivity index (χ4n) is 1.40. The Bertz CT molecular complexity index is 605. The molecule has 5 nitrogen and oxygen atoms in total. The van der Waals surface area contributed by atoms with Crippen molar-refractivity contribution in [1.29, 1.82) is 0 Å². The highest BCUT2D eigenvalue weighted by Crippen LogP contribution is 2.34. The van der Waals surface area contributed by atoms with Crippen molar-refractivity contribution in [3.63, 3.8) is 0 Å². The molecule has 0 saturated heterocycles. The van der Waals surface area contributed by atoms with Crippen LogP contribution in [0.15, 0.2) is 30.7 Å². The van der Waals surface area contributed by atoms with E-state index in [-0.39, 0.29) is 5.69 Å². The molecule has 2 rings (SSSR count). The highest BCUT2D eigenvalue weighted by Gasteiger charge is 2.13. The molecule has 0 radical (unpaired) electrons. The number of carbonyl (C=O) groups is 1. The lowest BCUT2D eigenvalue weighted by Gasteiger charge is -2.11. The fraction of sp³-hybridized carbons (Fsp3) is 0.0833. The Hall–Kier alpha value is -1.85. The van der Waals surface area contributed by atoms with Crippen molar-refractivity contribution in [3.05, 3.63) is 46.5 Å². The topological polar surface area (TPSA) is 64.1 Å². The predicted molar refractivity (Wildman–Crippen MR) is 73.0 cm³/mol. The van der Waals surface area contributed by atoms with Crippen molar-refractivity contribution in [1.82, 2.24) is 9.97 Å². The summed E-state index contributed by atoms with van der Waals surface area (Å²) in [6.07, 6.45) is 4.27. The first-order valence-corrected chi connectivity index (χ1v) is 5.98. The molecular formula is C12H9Cl2N3O2. The van der Waals surface area contributed by atoms with Crippen molar-refractivity contribution in [3.8, 4) is 5.75 Å². The smallest absolute Gasteiger partial charge is 0.275 e. The van der Waals surface area contributed by atoms with Crippen LogP contribution in [0.5, 0.6) is 5.75 Å². The maximum atomic E-state index is 11.9. The predicted octanol–water partition coefficient (Wildman–Crippen LogP) is 3.04. The molecule has 1 N–H and O–H groups in total. The first-order valence-electron chi connectivity index (χ1n) is 5.22. The summed E-state index contributed by atoms with van der Waals surface area (Å²) in [5.41, 5.74) is 0.600. The van der Waals surface area contributed by atoms with Crippen LogP contribution in [0.1, 0.15) is 10.5 Å². The van der Waals surface area contributed by atoms with E-state index in [1.54, 1.807) is 0 Å². The second-order valence-corrected chi connectivity index (χ2v) is 4.33. The van der Waals surface area contributed by atoms with Crippen molar-refractivity contribution < 1.29 is 9.53 Å². The first kappa shape index (κ1) is 13.6. The maximum absolute atomic E-state index is 11.9. The Morgan fingerprint density at radius 3 is 2.63 bits per heavy atom. The third-order valence-electron chi connectivity index (χ3n) is 2.29. The summed E-state index contributed by atoms with van der Waals surface area (Å²) in [7, 11) is 1.47. The fourth-order valence-corrected chi connectivity index (χ4v) is 1.72. The quantitative estimate of drug-likeness (QED) is 0.946. The Morgan fingerprint density at radius 1 is 1.26 bits per heavy atom. The average molecular weight is 298 g/mol. The highest BCUT2D eigenvalue weighted by molar-refractivity contribution is 6.42. The number of ether oxygens (including phenoxy) is 1. The monoisotopic (exact) mass is 297 g/mol. The molecule has 1 aromatic carbocycles. The third-order valence-corrected chi connectivity index (χ3v) is 3.01. The molecule has 0 spiro atoms. The Morgan fingerprint density at radius 2 is 2.00 bits per heavy atom. The number of hydrogen-bond donors (Lipinski definition) is 1. The normalized spacial score (nSPS) is 10.1. The minimum Gasteiger partial charge on any atom is -0.495 e. The number of rotatable bonds is 3. The van der Waals surface area contributed by atoms with E-state index >= 15 is 0 Å². The zero-order valence-corrected chi connectivity index (χ0v) is 11.4. The van der Waals surface area contributed by atoms with Gasteiger partial charge in [-0.25, -0.2) is 4.98 Å². The highest BCUT2D eigenvalue weighted by atomic mass is 35.5. The van der Waals surface area contributed by atoms with E-state index < -0.39 is 5.91 Å². The van der Waals surface area contributed by atoms with Gasteiger partial charge in [0.2, 0.25) is 0 Å². The number of amides is 1. The molecule has 0 saturated carbocycles. The molecule has 0 unspecified atom stereocenters. The molecule has 1 aromatic heterocycles. The van der Waals surface area contributed by atoms with Gasteiger partial charge in [0.1, 0.15) is 11.4 Å². The molecule has 0 atom stereocenters. The van der Waals surface area contributed by atoms with Gasteiger partial charge in [-0.15, -0.1) is 0 Å². The molecule has 0 aliphatic rings. The molecule has 0 fully saturated rings. The largest absolute Gasteiger partial charge is 0.495 e. The van der Waals surface area contributed by atoms with E-state index in [4.69, 9.17) is 27.9 Å². The summed E-state index contributed by atoms with van der Waals surface area (Å²) in [5.74, 6) is -0.00331. The number of methoxy groups -OCH3 is 1. The molecular weight excluding hydrogens is 289 g/mol. The summed E-state index contributed by atoms with van der Waals surface area (Å²) in [6, 6.07) is 3.03. The molecule has 98 valence electrons. The summed E-state index contributed by atoms with van der Waals surface area (Å²) < 4.78 is 5.12. The van der Waals surface area contributed by atoms with Crippen molar-refractivity contribution in [2.24, 2.45) is 0 Å². The van der Waals surface area contributed by atoms with Crippen LogP contribution in [0, 0.1) is 0 Å². The molecule has 1 heterocycles. The van der Waals surface area contributed by atoms with Gasteiger partial charge < -0.3 is 10.1 Å². The SMILES string of the molecule is COc1cc(Cl)c(Cl)cc1NC(=O)c1cnccn1. The Labute approximate surface area is 119 Å². The minimum atomic E-state index is -0.412. The number of carbonyl (C=O) groups excluding carboxylic acids is 1. The van der Waals surface area contributed by atoms with E-state index in [0.29, 0.717) is 21.5 Å². The minimum absolute atomic E-state index is 0.190.